The van der Waals surface area contributed by atoms with Crippen LogP contribution in [0.25, 0.3) is 11.1 Å². The SMILES string of the molecule is CCCCOc1ccc(C(F)(F)Oc2ccc(-c3cc(F)c(C(F)(F)OC(F)(F)F)c(F)c3)c(F)c2)cc1. The van der Waals surface area contributed by atoms with Gasteiger partial charge < -0.3 is 9.47 Å². The maximum absolute atomic E-state index is 14.6. The van der Waals surface area contributed by atoms with Crippen LogP contribution in [0.15, 0.2) is 54.6 Å². The lowest BCUT2D eigenvalue weighted by atomic mass is 10.0. The molecule has 0 aromatic heterocycles. The maximum atomic E-state index is 14.6. The van der Waals surface area contributed by atoms with Gasteiger partial charge in [0.25, 0.3) is 0 Å². The molecule has 0 heterocycles. The minimum absolute atomic E-state index is 0.143. The molecule has 3 rings (SSSR count). The molecule has 0 aliphatic rings. The Balaban J connectivity index is 1.81. The van der Waals surface area contributed by atoms with Gasteiger partial charge in [0.1, 0.15) is 34.5 Å². The van der Waals surface area contributed by atoms with Crippen LogP contribution in [-0.4, -0.2) is 13.0 Å². The lowest BCUT2D eigenvalue weighted by Gasteiger charge is -2.20. The van der Waals surface area contributed by atoms with Gasteiger partial charge in [-0.05, 0) is 60.5 Å². The Morgan fingerprint density at radius 1 is 0.684 bits per heavy atom. The number of hydrogen-bond donors (Lipinski definition) is 0. The third-order valence-corrected chi connectivity index (χ3v) is 5.03. The van der Waals surface area contributed by atoms with Crippen molar-refractivity contribution in [1.82, 2.24) is 0 Å². The van der Waals surface area contributed by atoms with Gasteiger partial charge in [-0.15, -0.1) is 13.2 Å². The molecular weight excluding hydrogens is 538 g/mol. The van der Waals surface area contributed by atoms with Crippen LogP contribution >= 0.6 is 0 Å². The number of alkyl halides is 7. The molecule has 0 bridgehead atoms. The van der Waals surface area contributed by atoms with Gasteiger partial charge in [0.2, 0.25) is 0 Å². The van der Waals surface area contributed by atoms with Gasteiger partial charge >= 0.3 is 18.6 Å². The van der Waals surface area contributed by atoms with Gasteiger partial charge in [-0.1, -0.05) is 13.3 Å². The predicted molar refractivity (Wildman–Crippen MR) is 114 cm³/mol. The van der Waals surface area contributed by atoms with E-state index >= 15 is 0 Å². The first kappa shape index (κ1) is 29.1. The van der Waals surface area contributed by atoms with Crippen molar-refractivity contribution in [2.24, 2.45) is 0 Å². The molecule has 0 aliphatic carbocycles. The van der Waals surface area contributed by atoms with Crippen molar-refractivity contribution in [2.45, 2.75) is 38.3 Å². The van der Waals surface area contributed by atoms with E-state index in [0.717, 1.165) is 37.1 Å². The molecule has 0 amide bonds. The standard InChI is InChI=1S/C25H18F10O3/c1-2-3-10-36-16-6-4-15(5-7-16)23(29,30)37-17-8-9-18(19(26)13-17)14-11-20(27)22(21(28)12-14)24(31,32)38-25(33,34)35/h4-9,11-13H,2-3,10H2,1H3. The van der Waals surface area contributed by atoms with E-state index in [9.17, 15) is 43.9 Å². The predicted octanol–water partition coefficient (Wildman–Crippen LogP) is 8.66. The Bertz CT molecular complexity index is 1230. The fraction of sp³-hybridized carbons (Fsp3) is 0.280. The first-order chi connectivity index (χ1) is 17.6. The van der Waals surface area contributed by atoms with E-state index < -0.39 is 64.0 Å². The zero-order valence-electron chi connectivity index (χ0n) is 19.3. The fourth-order valence-corrected chi connectivity index (χ4v) is 3.28. The molecule has 3 aromatic rings. The number of hydrogen-bond acceptors (Lipinski definition) is 3. The van der Waals surface area contributed by atoms with Crippen molar-refractivity contribution in [2.75, 3.05) is 6.61 Å². The van der Waals surface area contributed by atoms with Crippen LogP contribution < -0.4 is 9.47 Å². The van der Waals surface area contributed by atoms with Crippen LogP contribution in [0.5, 0.6) is 11.5 Å². The summed E-state index contributed by atoms with van der Waals surface area (Å²) >= 11 is 0. The molecule has 13 heteroatoms. The largest absolute Gasteiger partial charge is 0.527 e. The third-order valence-electron chi connectivity index (χ3n) is 5.03. The van der Waals surface area contributed by atoms with Gasteiger partial charge in [-0.25, -0.2) is 17.9 Å². The van der Waals surface area contributed by atoms with E-state index in [1.165, 1.54) is 12.1 Å². The van der Waals surface area contributed by atoms with Crippen molar-refractivity contribution < 1.29 is 58.1 Å². The van der Waals surface area contributed by atoms with E-state index in [1.54, 1.807) is 0 Å². The highest BCUT2D eigenvalue weighted by molar-refractivity contribution is 5.66. The smallest absolute Gasteiger partial charge is 0.494 e. The van der Waals surface area contributed by atoms with Crippen LogP contribution in [0.1, 0.15) is 30.9 Å². The summed E-state index contributed by atoms with van der Waals surface area (Å²) in [5.74, 6) is -6.02. The van der Waals surface area contributed by atoms with E-state index in [0.29, 0.717) is 18.4 Å². The molecule has 38 heavy (non-hydrogen) atoms. The minimum Gasteiger partial charge on any atom is -0.494 e. The summed E-state index contributed by atoms with van der Waals surface area (Å²) in [6, 6.07) is 6.99. The normalized spacial score (nSPS) is 12.5. The van der Waals surface area contributed by atoms with Gasteiger partial charge in [-0.2, -0.15) is 17.6 Å². The second-order valence-electron chi connectivity index (χ2n) is 7.87. The maximum Gasteiger partial charge on any atom is 0.527 e. The van der Waals surface area contributed by atoms with Crippen molar-refractivity contribution in [3.63, 3.8) is 0 Å². The average molecular weight is 556 g/mol. The molecule has 0 fully saturated rings. The summed E-state index contributed by atoms with van der Waals surface area (Å²) in [7, 11) is 0. The second-order valence-corrected chi connectivity index (χ2v) is 7.87. The summed E-state index contributed by atoms with van der Waals surface area (Å²) in [6.45, 7) is 2.35. The summed E-state index contributed by atoms with van der Waals surface area (Å²) in [4.78, 5) is 0. The van der Waals surface area contributed by atoms with Crippen molar-refractivity contribution in [1.29, 1.82) is 0 Å². The summed E-state index contributed by atoms with van der Waals surface area (Å²) in [5, 5.41) is 0. The molecule has 0 N–H and O–H groups in total. The molecule has 0 saturated carbocycles. The molecule has 0 saturated heterocycles. The van der Waals surface area contributed by atoms with Gasteiger partial charge in [0.15, 0.2) is 0 Å². The summed E-state index contributed by atoms with van der Waals surface area (Å²) in [5.41, 5.74) is -4.29. The van der Waals surface area contributed by atoms with E-state index in [1.807, 2.05) is 6.92 Å². The second kappa shape index (κ2) is 11.1. The molecule has 3 aromatic carbocycles. The van der Waals surface area contributed by atoms with Gasteiger partial charge in [0.05, 0.1) is 12.2 Å². The van der Waals surface area contributed by atoms with E-state index in [-0.39, 0.29) is 12.1 Å². The number of unbranched alkanes of at least 4 members (excludes halogenated alkanes) is 1. The lowest BCUT2D eigenvalue weighted by molar-refractivity contribution is -0.432. The molecule has 0 spiro atoms. The average Bonchev–Trinajstić information content (AvgIpc) is 2.77. The fourth-order valence-electron chi connectivity index (χ4n) is 3.28. The lowest BCUT2D eigenvalue weighted by Crippen LogP contribution is -2.29. The highest BCUT2D eigenvalue weighted by Crippen LogP contribution is 2.41. The Kier molecular flexibility index (Phi) is 8.49. The molecule has 0 atom stereocenters. The zero-order chi connectivity index (χ0) is 28.3. The Hall–Kier alpha value is -3.48. The van der Waals surface area contributed by atoms with Crippen LogP contribution in [0.4, 0.5) is 43.9 Å². The van der Waals surface area contributed by atoms with E-state index in [4.69, 9.17) is 4.74 Å². The number of rotatable bonds is 10. The Morgan fingerprint density at radius 3 is 1.79 bits per heavy atom. The van der Waals surface area contributed by atoms with Crippen LogP contribution in [-0.2, 0) is 17.0 Å². The summed E-state index contributed by atoms with van der Waals surface area (Å²) < 4.78 is 148. The quantitative estimate of drug-likeness (QED) is 0.185. The van der Waals surface area contributed by atoms with Crippen LogP contribution in [0.3, 0.4) is 0 Å². The number of halogens is 10. The molecule has 206 valence electrons. The molecule has 0 unspecified atom stereocenters. The molecule has 0 radical (unpaired) electrons. The minimum atomic E-state index is -5.92. The van der Waals surface area contributed by atoms with Crippen molar-refractivity contribution in [3.05, 3.63) is 83.2 Å². The first-order valence-electron chi connectivity index (χ1n) is 10.9. The van der Waals surface area contributed by atoms with Crippen LogP contribution in [0, 0.1) is 17.5 Å². The topological polar surface area (TPSA) is 27.7 Å². The zero-order valence-corrected chi connectivity index (χ0v) is 19.3. The highest BCUT2D eigenvalue weighted by atomic mass is 19.4. The summed E-state index contributed by atoms with van der Waals surface area (Å²) in [6.07, 6.45) is -13.6. The van der Waals surface area contributed by atoms with Crippen molar-refractivity contribution in [3.8, 4) is 22.6 Å². The number of benzene rings is 3. The Morgan fingerprint density at radius 2 is 1.26 bits per heavy atom. The molecular formula is C25H18F10O3. The first-order valence-corrected chi connectivity index (χ1v) is 10.9. The highest BCUT2D eigenvalue weighted by Gasteiger charge is 2.49. The third kappa shape index (κ3) is 7.09. The van der Waals surface area contributed by atoms with Crippen LogP contribution in [0.2, 0.25) is 0 Å². The number of ether oxygens (including phenoxy) is 3. The van der Waals surface area contributed by atoms with E-state index in [2.05, 4.69) is 9.47 Å². The van der Waals surface area contributed by atoms with Gasteiger partial charge in [-0.3, -0.25) is 0 Å². The molecule has 0 aliphatic heterocycles. The Labute approximate surface area is 209 Å². The monoisotopic (exact) mass is 556 g/mol. The van der Waals surface area contributed by atoms with Gasteiger partial charge in [0, 0.05) is 11.6 Å². The molecule has 3 nitrogen and oxygen atoms in total. The van der Waals surface area contributed by atoms with Crippen molar-refractivity contribution >= 4 is 0 Å².